The van der Waals surface area contributed by atoms with E-state index in [2.05, 4.69) is 199 Å². The lowest BCUT2D eigenvalue weighted by Crippen LogP contribution is -2.60. The number of rotatable bonds is 2. The number of aromatic nitrogens is 2. The molecule has 0 unspecified atom stereocenters. The zero-order valence-corrected chi connectivity index (χ0v) is 32.4. The van der Waals surface area contributed by atoms with Crippen molar-refractivity contribution >= 4 is 72.8 Å². The third-order valence-corrected chi connectivity index (χ3v) is 13.6. The molecule has 0 atom stereocenters. The smallest absolute Gasteiger partial charge is 0.333 e. The molecule has 0 N–H and O–H groups in total. The maximum Gasteiger partial charge on any atom is 0.333 e. The third kappa shape index (κ3) is 3.88. The first kappa shape index (κ1) is 31.4. The van der Waals surface area contributed by atoms with Crippen molar-refractivity contribution in [1.82, 2.24) is 9.13 Å². The summed E-state index contributed by atoms with van der Waals surface area (Å²) < 4.78 is 5.15. The van der Waals surface area contributed by atoms with Crippen molar-refractivity contribution in [2.24, 2.45) is 0 Å². The van der Waals surface area contributed by atoms with Crippen LogP contribution in [0.25, 0.3) is 77.2 Å². The van der Waals surface area contributed by atoms with Gasteiger partial charge in [-0.1, -0.05) is 128 Å². The molecule has 0 fully saturated rings. The van der Waals surface area contributed by atoms with E-state index in [1.807, 2.05) is 0 Å². The number of hydrogen-bond acceptors (Lipinski definition) is 1. The van der Waals surface area contributed by atoms with E-state index in [1.54, 1.807) is 0 Å². The molecule has 57 heavy (non-hydrogen) atoms. The van der Waals surface area contributed by atoms with Crippen LogP contribution in [0.15, 0.2) is 158 Å². The van der Waals surface area contributed by atoms with E-state index in [0.717, 1.165) is 0 Å². The van der Waals surface area contributed by atoms with E-state index in [1.165, 1.54) is 122 Å². The molecule has 10 aromatic rings. The van der Waals surface area contributed by atoms with E-state index in [-0.39, 0.29) is 12.3 Å². The number of hydrogen-bond donors (Lipinski definition) is 0. The maximum atomic E-state index is 2.67. The van der Waals surface area contributed by atoms with Crippen LogP contribution in [0, 0.1) is 13.8 Å². The predicted molar refractivity (Wildman–Crippen MR) is 241 cm³/mol. The Balaban J connectivity index is 1.27. The van der Waals surface area contributed by atoms with Crippen LogP contribution in [-0.4, -0.2) is 16.0 Å². The second-order valence-electron chi connectivity index (χ2n) is 17.1. The minimum atomic E-state index is -0.137. The molecule has 0 radical (unpaired) electrons. The van der Waals surface area contributed by atoms with Gasteiger partial charge in [0, 0.05) is 49.6 Å². The summed E-state index contributed by atoms with van der Waals surface area (Å²) in [7, 11) is 0. The van der Waals surface area contributed by atoms with E-state index in [4.69, 9.17) is 0 Å². The highest BCUT2D eigenvalue weighted by molar-refractivity contribution is 6.93. The first-order valence-electron chi connectivity index (χ1n) is 20.2. The summed E-state index contributed by atoms with van der Waals surface area (Å²) in [5.74, 6) is 0. The number of nitrogens with zero attached hydrogens (tertiary/aromatic N) is 3. The van der Waals surface area contributed by atoms with Gasteiger partial charge in [0.1, 0.15) is 0 Å². The van der Waals surface area contributed by atoms with Crippen molar-refractivity contribution in [2.45, 2.75) is 33.1 Å². The molecule has 268 valence electrons. The lowest BCUT2D eigenvalue weighted by atomic mass is 9.43. The van der Waals surface area contributed by atoms with Crippen molar-refractivity contribution in [3.8, 4) is 33.6 Å². The Morgan fingerprint density at radius 3 is 1.81 bits per heavy atom. The van der Waals surface area contributed by atoms with Crippen molar-refractivity contribution in [3.05, 3.63) is 180 Å². The second-order valence-corrected chi connectivity index (χ2v) is 17.1. The molecule has 13 rings (SSSR count). The lowest BCUT2D eigenvalue weighted by molar-refractivity contribution is 0.660. The topological polar surface area (TPSA) is 13.1 Å². The highest BCUT2D eigenvalue weighted by Crippen LogP contribution is 2.55. The van der Waals surface area contributed by atoms with Crippen LogP contribution in [0.5, 0.6) is 0 Å². The van der Waals surface area contributed by atoms with Gasteiger partial charge >= 0.3 is 6.85 Å². The number of fused-ring (bicyclic) bond motifs is 14. The molecule has 2 aromatic heterocycles. The van der Waals surface area contributed by atoms with Gasteiger partial charge in [-0.05, 0) is 107 Å². The summed E-state index contributed by atoms with van der Waals surface area (Å²) in [5.41, 5.74) is 23.1. The Bertz CT molecular complexity index is 3360. The molecule has 3 nitrogen and oxygen atoms in total. The summed E-state index contributed by atoms with van der Waals surface area (Å²) in [6.07, 6.45) is 0. The van der Waals surface area contributed by atoms with Crippen LogP contribution in [-0.2, 0) is 5.41 Å². The van der Waals surface area contributed by atoms with Gasteiger partial charge in [0.2, 0.25) is 0 Å². The SMILES string of the molecule is Cc1ccc(N2B3c4cc(C)ccc4-n4c5ccccc5c5c(-n6c7ccccc7c7ccccc76)cc(c3c54)-c3cc4c(cc32)-c2ccccc2C4(C)C)cc1. The minimum Gasteiger partial charge on any atom is -0.376 e. The van der Waals surface area contributed by atoms with Gasteiger partial charge in [-0.25, -0.2) is 0 Å². The third-order valence-electron chi connectivity index (χ3n) is 13.6. The average molecular weight is 728 g/mol. The minimum absolute atomic E-state index is 0.0423. The zero-order valence-electron chi connectivity index (χ0n) is 32.4. The van der Waals surface area contributed by atoms with Gasteiger partial charge in [-0.3, -0.25) is 0 Å². The van der Waals surface area contributed by atoms with Gasteiger partial charge in [-0.15, -0.1) is 0 Å². The van der Waals surface area contributed by atoms with Crippen LogP contribution in [0.4, 0.5) is 11.4 Å². The molecule has 1 aliphatic carbocycles. The predicted octanol–water partition coefficient (Wildman–Crippen LogP) is 12.0. The van der Waals surface area contributed by atoms with Crippen molar-refractivity contribution < 1.29 is 0 Å². The Labute approximate surface area is 332 Å². The maximum absolute atomic E-state index is 2.67. The van der Waals surface area contributed by atoms with E-state index >= 15 is 0 Å². The zero-order chi connectivity index (χ0) is 37.9. The fraction of sp³-hybridized carbons (Fsp3) is 0.0943. The first-order valence-corrected chi connectivity index (χ1v) is 20.2. The molecule has 4 heteroatoms. The second kappa shape index (κ2) is 10.7. The number of benzene rings is 8. The van der Waals surface area contributed by atoms with Crippen LogP contribution in [0.3, 0.4) is 0 Å². The fourth-order valence-corrected chi connectivity index (χ4v) is 11.1. The van der Waals surface area contributed by atoms with Crippen LogP contribution < -0.4 is 15.7 Å². The summed E-state index contributed by atoms with van der Waals surface area (Å²) in [6.45, 7) is 9.19. The molecule has 0 saturated carbocycles. The quantitative estimate of drug-likeness (QED) is 0.162. The van der Waals surface area contributed by atoms with Crippen LogP contribution >= 0.6 is 0 Å². The Kier molecular flexibility index (Phi) is 5.92. The molecule has 0 amide bonds. The summed E-state index contributed by atoms with van der Waals surface area (Å²) in [5, 5.41) is 5.12. The number of aryl methyl sites for hydroxylation is 2. The highest BCUT2D eigenvalue weighted by atomic mass is 15.1. The molecule has 2 aliphatic heterocycles. The van der Waals surface area contributed by atoms with E-state index < -0.39 is 0 Å². The molecule has 8 aromatic carbocycles. The molecular weight excluding hydrogens is 689 g/mol. The van der Waals surface area contributed by atoms with E-state index in [9.17, 15) is 0 Å². The highest BCUT2D eigenvalue weighted by Gasteiger charge is 2.46. The molecule has 4 heterocycles. The van der Waals surface area contributed by atoms with Gasteiger partial charge in [0.25, 0.3) is 0 Å². The van der Waals surface area contributed by atoms with Crippen molar-refractivity contribution in [2.75, 3.05) is 4.81 Å². The first-order chi connectivity index (χ1) is 27.9. The van der Waals surface area contributed by atoms with Crippen molar-refractivity contribution in [1.29, 1.82) is 0 Å². The molecular formula is C53H38BN3. The standard InChI is InChI=1S/C53H38BN3/c1-31-21-24-33(25-22-31)57-48-29-38-34-13-5-9-17-41(34)53(3,4)42(38)28-39(48)40-30-49(55-44-18-10-6-14-35(44)36-15-7-11-19-45(36)55)50-37-16-8-12-20-46(37)56-47-26-23-32(2)27-43(47)54(57)51(40)52(50)56/h5-30H,1-4H3. The summed E-state index contributed by atoms with van der Waals surface area (Å²) >= 11 is 0. The molecule has 0 saturated heterocycles. The van der Waals surface area contributed by atoms with Gasteiger partial charge < -0.3 is 13.9 Å². The van der Waals surface area contributed by atoms with Crippen LogP contribution in [0.2, 0.25) is 0 Å². The molecule has 0 bridgehead atoms. The van der Waals surface area contributed by atoms with Gasteiger partial charge in [0.05, 0.1) is 27.8 Å². The summed E-state index contributed by atoms with van der Waals surface area (Å²) in [4.78, 5) is 2.67. The molecule has 0 spiro atoms. The van der Waals surface area contributed by atoms with Crippen molar-refractivity contribution in [3.63, 3.8) is 0 Å². The Morgan fingerprint density at radius 2 is 1.07 bits per heavy atom. The Morgan fingerprint density at radius 1 is 0.456 bits per heavy atom. The van der Waals surface area contributed by atoms with E-state index in [0.29, 0.717) is 0 Å². The number of para-hydroxylation sites is 3. The molecule has 3 aliphatic rings. The van der Waals surface area contributed by atoms with Gasteiger partial charge in [-0.2, -0.15) is 0 Å². The summed E-state index contributed by atoms with van der Waals surface area (Å²) in [6, 6.07) is 60.0. The monoisotopic (exact) mass is 727 g/mol. The lowest BCUT2D eigenvalue weighted by Gasteiger charge is -2.43. The fourth-order valence-electron chi connectivity index (χ4n) is 11.1. The van der Waals surface area contributed by atoms with Gasteiger partial charge in [0.15, 0.2) is 0 Å². The average Bonchev–Trinajstić information content (AvgIpc) is 3.84. The largest absolute Gasteiger partial charge is 0.376 e. The van der Waals surface area contributed by atoms with Crippen LogP contribution in [0.1, 0.15) is 36.1 Å². The Hall–Kier alpha value is -6.78. The normalized spacial score (nSPS) is 14.4. The number of anilines is 2.